The Hall–Kier alpha value is -1.77. The Balaban J connectivity index is 2.10. The first-order chi connectivity index (χ1) is 9.97. The fourth-order valence-corrected chi connectivity index (χ4v) is 4.12. The summed E-state index contributed by atoms with van der Waals surface area (Å²) in [6.45, 7) is 0. The van der Waals surface area contributed by atoms with Crippen molar-refractivity contribution in [1.82, 2.24) is 8.75 Å². The first-order valence-electron chi connectivity index (χ1n) is 5.66. The van der Waals surface area contributed by atoms with E-state index in [1.165, 1.54) is 18.2 Å². The van der Waals surface area contributed by atoms with Crippen molar-refractivity contribution in [3.8, 4) is 0 Å². The Kier molecular flexibility index (Phi) is 3.52. The molecule has 0 amide bonds. The molecule has 0 atom stereocenters. The predicted molar refractivity (Wildman–Crippen MR) is 79.6 cm³/mol. The number of halogens is 2. The number of nitrogens with one attached hydrogen (secondary N) is 1. The standard InChI is InChI=1S/C12H7ClFN3O2S2/c13-9-5-6-10-11(16-20-15-10)12(9)21(18,19)17-8-3-1-7(14)2-4-8/h1-6,17H. The second-order valence-corrected chi connectivity index (χ2v) is 6.68. The third kappa shape index (κ3) is 2.69. The van der Waals surface area contributed by atoms with Gasteiger partial charge >= 0.3 is 0 Å². The fourth-order valence-electron chi connectivity index (χ4n) is 1.78. The van der Waals surface area contributed by atoms with Crippen LogP contribution in [0.2, 0.25) is 5.02 Å². The van der Waals surface area contributed by atoms with Crippen molar-refractivity contribution in [2.24, 2.45) is 0 Å². The lowest BCUT2D eigenvalue weighted by Crippen LogP contribution is -2.14. The molecule has 0 aliphatic carbocycles. The van der Waals surface area contributed by atoms with E-state index in [0.717, 1.165) is 23.9 Å². The monoisotopic (exact) mass is 343 g/mol. The Morgan fingerprint density at radius 1 is 1.10 bits per heavy atom. The Morgan fingerprint density at radius 3 is 2.52 bits per heavy atom. The SMILES string of the molecule is O=S(=O)(Nc1ccc(F)cc1)c1c(Cl)ccc2nsnc12. The summed E-state index contributed by atoms with van der Waals surface area (Å²) in [4.78, 5) is -0.139. The number of anilines is 1. The molecular weight excluding hydrogens is 337 g/mol. The van der Waals surface area contributed by atoms with Crippen molar-refractivity contribution in [3.63, 3.8) is 0 Å². The zero-order valence-corrected chi connectivity index (χ0v) is 12.6. The number of rotatable bonds is 3. The molecule has 9 heteroatoms. The zero-order chi connectivity index (χ0) is 15.0. The Morgan fingerprint density at radius 2 is 1.81 bits per heavy atom. The van der Waals surface area contributed by atoms with E-state index in [2.05, 4.69) is 13.5 Å². The predicted octanol–water partition coefficient (Wildman–Crippen LogP) is 3.28. The lowest BCUT2D eigenvalue weighted by atomic mass is 10.3. The van der Waals surface area contributed by atoms with Crippen LogP contribution in [-0.4, -0.2) is 17.2 Å². The number of hydrogen-bond donors (Lipinski definition) is 1. The van der Waals surface area contributed by atoms with Gasteiger partial charge in [0.05, 0.1) is 16.8 Å². The van der Waals surface area contributed by atoms with Crippen molar-refractivity contribution < 1.29 is 12.8 Å². The highest BCUT2D eigenvalue weighted by Crippen LogP contribution is 2.30. The second-order valence-electron chi connectivity index (χ2n) is 4.12. The van der Waals surface area contributed by atoms with Gasteiger partial charge in [-0.3, -0.25) is 4.72 Å². The van der Waals surface area contributed by atoms with Crippen molar-refractivity contribution in [2.45, 2.75) is 4.90 Å². The van der Waals surface area contributed by atoms with Crippen molar-refractivity contribution >= 4 is 50.1 Å². The highest BCUT2D eigenvalue weighted by atomic mass is 35.5. The Bertz CT molecular complexity index is 910. The van der Waals surface area contributed by atoms with Crippen LogP contribution < -0.4 is 4.72 Å². The molecule has 0 unspecified atom stereocenters. The first-order valence-corrected chi connectivity index (χ1v) is 8.26. The lowest BCUT2D eigenvalue weighted by Gasteiger charge is -2.09. The molecule has 0 aliphatic rings. The topological polar surface area (TPSA) is 72.0 Å². The van der Waals surface area contributed by atoms with Gasteiger partial charge in [0.25, 0.3) is 10.0 Å². The van der Waals surface area contributed by atoms with E-state index in [-0.39, 0.29) is 21.1 Å². The largest absolute Gasteiger partial charge is 0.280 e. The maximum Gasteiger partial charge on any atom is 0.265 e. The summed E-state index contributed by atoms with van der Waals surface area (Å²) in [5, 5.41) is 0.0461. The normalized spacial score (nSPS) is 11.7. The van der Waals surface area contributed by atoms with Crippen molar-refractivity contribution in [3.05, 3.63) is 47.2 Å². The smallest absolute Gasteiger partial charge is 0.265 e. The minimum Gasteiger partial charge on any atom is -0.280 e. The van der Waals surface area contributed by atoms with Gasteiger partial charge in [-0.05, 0) is 36.4 Å². The number of nitrogens with zero attached hydrogens (tertiary/aromatic N) is 2. The molecule has 2 aromatic carbocycles. The maximum absolute atomic E-state index is 12.9. The van der Waals surface area contributed by atoms with E-state index < -0.39 is 15.8 Å². The number of benzene rings is 2. The first kappa shape index (κ1) is 14.2. The van der Waals surface area contributed by atoms with Crippen LogP contribution in [0, 0.1) is 5.82 Å². The van der Waals surface area contributed by atoms with E-state index in [1.54, 1.807) is 6.07 Å². The molecule has 0 saturated heterocycles. The third-order valence-electron chi connectivity index (χ3n) is 2.70. The quantitative estimate of drug-likeness (QED) is 0.792. The van der Waals surface area contributed by atoms with E-state index >= 15 is 0 Å². The number of fused-ring (bicyclic) bond motifs is 1. The Labute approximate surface area is 128 Å². The van der Waals surface area contributed by atoms with Crippen LogP contribution in [0.4, 0.5) is 10.1 Å². The van der Waals surface area contributed by atoms with E-state index in [1.807, 2.05) is 0 Å². The second kappa shape index (κ2) is 5.21. The summed E-state index contributed by atoms with van der Waals surface area (Å²) in [6, 6.07) is 8.00. The number of aromatic nitrogens is 2. The van der Waals surface area contributed by atoms with E-state index in [4.69, 9.17) is 11.6 Å². The van der Waals surface area contributed by atoms with Gasteiger partial charge in [-0.15, -0.1) is 0 Å². The number of hydrogen-bond acceptors (Lipinski definition) is 5. The van der Waals surface area contributed by atoms with Crippen LogP contribution in [0.15, 0.2) is 41.3 Å². The van der Waals surface area contributed by atoms with Gasteiger partial charge in [0.2, 0.25) is 0 Å². The average molecular weight is 344 g/mol. The van der Waals surface area contributed by atoms with Crippen LogP contribution >= 0.6 is 23.3 Å². The molecule has 0 aliphatic heterocycles. The van der Waals surface area contributed by atoms with Gasteiger partial charge in [-0.25, -0.2) is 12.8 Å². The zero-order valence-electron chi connectivity index (χ0n) is 10.2. The minimum atomic E-state index is -3.95. The molecule has 3 aromatic rings. The molecular formula is C12H7ClFN3O2S2. The van der Waals surface area contributed by atoms with Crippen LogP contribution in [0.1, 0.15) is 0 Å². The molecule has 21 heavy (non-hydrogen) atoms. The third-order valence-corrected chi connectivity index (χ3v) is 5.12. The fraction of sp³-hybridized carbons (Fsp3) is 0. The molecule has 1 aromatic heterocycles. The molecule has 0 bridgehead atoms. The van der Waals surface area contributed by atoms with Crippen LogP contribution in [0.25, 0.3) is 11.0 Å². The van der Waals surface area contributed by atoms with Gasteiger partial charge in [0, 0.05) is 5.69 Å². The van der Waals surface area contributed by atoms with Crippen LogP contribution in [-0.2, 0) is 10.0 Å². The molecule has 1 N–H and O–H groups in total. The summed E-state index contributed by atoms with van der Waals surface area (Å²) in [5.41, 5.74) is 0.888. The van der Waals surface area contributed by atoms with Crippen molar-refractivity contribution in [2.75, 3.05) is 4.72 Å². The highest BCUT2D eigenvalue weighted by Gasteiger charge is 2.23. The molecule has 3 rings (SSSR count). The van der Waals surface area contributed by atoms with Gasteiger partial charge in [-0.1, -0.05) is 11.6 Å². The molecule has 108 valence electrons. The maximum atomic E-state index is 12.9. The average Bonchev–Trinajstić information content (AvgIpc) is 2.88. The summed E-state index contributed by atoms with van der Waals surface area (Å²) in [5.74, 6) is -0.457. The molecule has 0 spiro atoms. The van der Waals surface area contributed by atoms with E-state index in [0.29, 0.717) is 5.52 Å². The van der Waals surface area contributed by atoms with Gasteiger partial charge in [0.1, 0.15) is 21.7 Å². The van der Waals surface area contributed by atoms with Gasteiger partial charge < -0.3 is 0 Å². The lowest BCUT2D eigenvalue weighted by molar-refractivity contribution is 0.601. The molecule has 0 saturated carbocycles. The van der Waals surface area contributed by atoms with Crippen LogP contribution in [0.3, 0.4) is 0 Å². The molecule has 5 nitrogen and oxygen atoms in total. The minimum absolute atomic E-state index is 0.0461. The summed E-state index contributed by atoms with van der Waals surface area (Å²) < 4.78 is 48.1. The summed E-state index contributed by atoms with van der Waals surface area (Å²) in [6.07, 6.45) is 0. The van der Waals surface area contributed by atoms with E-state index in [9.17, 15) is 12.8 Å². The summed E-state index contributed by atoms with van der Waals surface area (Å²) >= 11 is 6.89. The highest BCUT2D eigenvalue weighted by molar-refractivity contribution is 7.93. The number of sulfonamides is 1. The molecule has 1 heterocycles. The van der Waals surface area contributed by atoms with Gasteiger partial charge in [-0.2, -0.15) is 8.75 Å². The van der Waals surface area contributed by atoms with Crippen LogP contribution in [0.5, 0.6) is 0 Å². The molecule has 0 fully saturated rings. The van der Waals surface area contributed by atoms with Crippen molar-refractivity contribution in [1.29, 1.82) is 0 Å². The summed E-state index contributed by atoms with van der Waals surface area (Å²) in [7, 11) is -3.95. The van der Waals surface area contributed by atoms with Gasteiger partial charge in [0.15, 0.2) is 0 Å². The molecule has 0 radical (unpaired) electrons.